The Morgan fingerprint density at radius 1 is 1.48 bits per heavy atom. The average Bonchev–Trinajstić information content (AvgIpc) is 2.74. The standard InChI is InChI=1S/C13H15N3O3S2/c1-8(17)11-10(14)12(21(2,18)19)13(20-11)16-7-9-4-3-5-15-6-9/h3-6,16H,7,14H2,1-2H3. The van der Waals surface area contributed by atoms with E-state index in [2.05, 4.69) is 10.3 Å². The van der Waals surface area contributed by atoms with Crippen molar-refractivity contribution in [2.24, 2.45) is 0 Å². The number of Topliss-reactive ketones (excluding diaryl/α,β-unsaturated/α-hetero) is 1. The van der Waals surface area contributed by atoms with Crippen molar-refractivity contribution in [2.75, 3.05) is 17.3 Å². The number of ketones is 1. The zero-order valence-corrected chi connectivity index (χ0v) is 13.2. The van der Waals surface area contributed by atoms with Gasteiger partial charge in [0.15, 0.2) is 15.6 Å². The number of nitrogens with one attached hydrogen (secondary N) is 1. The van der Waals surface area contributed by atoms with Crippen LogP contribution in [0.3, 0.4) is 0 Å². The van der Waals surface area contributed by atoms with Crippen molar-refractivity contribution in [3.8, 4) is 0 Å². The first-order valence-corrected chi connectivity index (χ1v) is 8.77. The number of aromatic nitrogens is 1. The van der Waals surface area contributed by atoms with Crippen LogP contribution in [-0.2, 0) is 16.4 Å². The molecule has 112 valence electrons. The highest BCUT2D eigenvalue weighted by Gasteiger charge is 2.25. The second kappa shape index (κ2) is 5.82. The number of hydrogen-bond donors (Lipinski definition) is 2. The summed E-state index contributed by atoms with van der Waals surface area (Å²) in [5, 5.41) is 3.40. The van der Waals surface area contributed by atoms with Crippen LogP contribution in [0.4, 0.5) is 10.7 Å². The number of nitrogens with zero attached hydrogens (tertiary/aromatic N) is 1. The van der Waals surface area contributed by atoms with Gasteiger partial charge in [0.25, 0.3) is 0 Å². The molecular formula is C13H15N3O3S2. The van der Waals surface area contributed by atoms with Crippen LogP contribution in [0, 0.1) is 0 Å². The van der Waals surface area contributed by atoms with Crippen LogP contribution in [-0.4, -0.2) is 25.4 Å². The molecule has 2 heterocycles. The number of carbonyl (C=O) groups is 1. The van der Waals surface area contributed by atoms with Gasteiger partial charge in [-0.25, -0.2) is 8.42 Å². The summed E-state index contributed by atoms with van der Waals surface area (Å²) >= 11 is 1.06. The molecule has 0 aliphatic carbocycles. The highest BCUT2D eigenvalue weighted by molar-refractivity contribution is 7.91. The van der Waals surface area contributed by atoms with Gasteiger partial charge in [0.05, 0.1) is 10.6 Å². The molecule has 3 N–H and O–H groups in total. The molecule has 0 saturated heterocycles. The average molecular weight is 325 g/mol. The lowest BCUT2D eigenvalue weighted by molar-refractivity contribution is 0.102. The second-order valence-corrected chi connectivity index (χ2v) is 7.52. The normalized spacial score (nSPS) is 11.3. The van der Waals surface area contributed by atoms with E-state index in [1.54, 1.807) is 18.5 Å². The Morgan fingerprint density at radius 3 is 2.71 bits per heavy atom. The Bertz CT molecular complexity index is 767. The third-order valence-corrected chi connectivity index (χ3v) is 5.32. The van der Waals surface area contributed by atoms with E-state index < -0.39 is 9.84 Å². The second-order valence-electron chi connectivity index (χ2n) is 4.55. The highest BCUT2D eigenvalue weighted by atomic mass is 32.2. The van der Waals surface area contributed by atoms with E-state index in [0.717, 1.165) is 23.2 Å². The molecule has 8 heteroatoms. The quantitative estimate of drug-likeness (QED) is 0.815. The molecule has 0 bridgehead atoms. The lowest BCUT2D eigenvalue weighted by Gasteiger charge is -2.06. The van der Waals surface area contributed by atoms with Crippen molar-refractivity contribution in [1.82, 2.24) is 4.98 Å². The van der Waals surface area contributed by atoms with E-state index in [1.165, 1.54) is 6.92 Å². The fourth-order valence-electron chi connectivity index (χ4n) is 1.86. The van der Waals surface area contributed by atoms with Crippen LogP contribution in [0.5, 0.6) is 0 Å². The number of nitrogen functional groups attached to an aromatic ring is 1. The monoisotopic (exact) mass is 325 g/mol. The number of rotatable bonds is 5. The smallest absolute Gasteiger partial charge is 0.180 e. The molecule has 0 fully saturated rings. The SMILES string of the molecule is CC(=O)c1sc(NCc2cccnc2)c(S(C)(=O)=O)c1N. The first kappa shape index (κ1) is 15.5. The Labute approximate surface area is 126 Å². The lowest BCUT2D eigenvalue weighted by Crippen LogP contribution is -2.06. The molecule has 0 atom stereocenters. The van der Waals surface area contributed by atoms with Gasteiger partial charge >= 0.3 is 0 Å². The van der Waals surface area contributed by atoms with E-state index in [-0.39, 0.29) is 21.2 Å². The molecule has 6 nitrogen and oxygen atoms in total. The minimum atomic E-state index is -3.53. The number of carbonyl (C=O) groups excluding carboxylic acids is 1. The van der Waals surface area contributed by atoms with Gasteiger partial charge in [0, 0.05) is 32.1 Å². The fourth-order valence-corrected chi connectivity index (χ4v) is 4.32. The van der Waals surface area contributed by atoms with Gasteiger partial charge in [0.1, 0.15) is 9.90 Å². The molecule has 0 aliphatic heterocycles. The number of hydrogen-bond acceptors (Lipinski definition) is 7. The van der Waals surface area contributed by atoms with Crippen molar-refractivity contribution in [3.63, 3.8) is 0 Å². The molecule has 0 unspecified atom stereocenters. The summed E-state index contributed by atoms with van der Waals surface area (Å²) in [5.41, 5.74) is 6.73. The molecule has 0 spiro atoms. The van der Waals surface area contributed by atoms with E-state index in [0.29, 0.717) is 11.5 Å². The summed E-state index contributed by atoms with van der Waals surface area (Å²) in [5.74, 6) is -0.253. The number of thiophene rings is 1. The maximum absolute atomic E-state index is 11.9. The van der Waals surface area contributed by atoms with Crippen LogP contribution in [0.15, 0.2) is 29.4 Å². The molecule has 0 amide bonds. The van der Waals surface area contributed by atoms with Crippen LogP contribution in [0.2, 0.25) is 0 Å². The first-order valence-electron chi connectivity index (χ1n) is 6.06. The number of anilines is 2. The van der Waals surface area contributed by atoms with Crippen LogP contribution in [0.25, 0.3) is 0 Å². The molecular weight excluding hydrogens is 310 g/mol. The van der Waals surface area contributed by atoms with Gasteiger partial charge in [-0.1, -0.05) is 6.07 Å². The predicted octanol–water partition coefficient (Wildman–Crippen LogP) is 1.94. The Hall–Kier alpha value is -1.93. The summed E-state index contributed by atoms with van der Waals surface area (Å²) in [6.07, 6.45) is 4.41. The third-order valence-electron chi connectivity index (χ3n) is 2.77. The third kappa shape index (κ3) is 3.40. The summed E-state index contributed by atoms with van der Waals surface area (Å²) in [7, 11) is -3.53. The van der Waals surface area contributed by atoms with Crippen molar-refractivity contribution in [1.29, 1.82) is 0 Å². The Morgan fingerprint density at radius 2 is 2.19 bits per heavy atom. The fraction of sp³-hybridized carbons (Fsp3) is 0.231. The zero-order chi connectivity index (χ0) is 15.6. The van der Waals surface area contributed by atoms with Gasteiger partial charge in [-0.05, 0) is 11.6 Å². The van der Waals surface area contributed by atoms with E-state index in [1.807, 2.05) is 6.07 Å². The number of nitrogens with two attached hydrogens (primary N) is 1. The number of pyridine rings is 1. The van der Waals surface area contributed by atoms with E-state index in [4.69, 9.17) is 5.73 Å². The summed E-state index contributed by atoms with van der Waals surface area (Å²) in [6.45, 7) is 1.76. The van der Waals surface area contributed by atoms with Crippen LogP contribution >= 0.6 is 11.3 Å². The molecule has 2 aromatic rings. The molecule has 2 aromatic heterocycles. The molecule has 21 heavy (non-hydrogen) atoms. The van der Waals surface area contributed by atoms with Gasteiger partial charge in [-0.3, -0.25) is 9.78 Å². The molecule has 2 rings (SSSR count). The van der Waals surface area contributed by atoms with Gasteiger partial charge < -0.3 is 11.1 Å². The molecule has 0 radical (unpaired) electrons. The Kier molecular flexibility index (Phi) is 4.29. The van der Waals surface area contributed by atoms with Crippen molar-refractivity contribution >= 4 is 37.6 Å². The maximum Gasteiger partial charge on any atom is 0.180 e. The molecule has 0 aliphatic rings. The maximum atomic E-state index is 11.9. The van der Waals surface area contributed by atoms with Gasteiger partial charge in [0.2, 0.25) is 0 Å². The van der Waals surface area contributed by atoms with Crippen molar-refractivity contribution < 1.29 is 13.2 Å². The summed E-state index contributed by atoms with van der Waals surface area (Å²) < 4.78 is 23.8. The minimum absolute atomic E-state index is 0.0124. The lowest BCUT2D eigenvalue weighted by atomic mass is 10.3. The summed E-state index contributed by atoms with van der Waals surface area (Å²) in [6, 6.07) is 3.65. The van der Waals surface area contributed by atoms with Gasteiger partial charge in [-0.2, -0.15) is 0 Å². The van der Waals surface area contributed by atoms with Gasteiger partial charge in [-0.15, -0.1) is 11.3 Å². The van der Waals surface area contributed by atoms with Crippen molar-refractivity contribution in [2.45, 2.75) is 18.4 Å². The zero-order valence-electron chi connectivity index (χ0n) is 11.6. The van der Waals surface area contributed by atoms with E-state index in [9.17, 15) is 13.2 Å². The predicted molar refractivity (Wildman–Crippen MR) is 83.4 cm³/mol. The first-order chi connectivity index (χ1) is 9.80. The van der Waals surface area contributed by atoms with Crippen molar-refractivity contribution in [3.05, 3.63) is 35.0 Å². The molecule has 0 aromatic carbocycles. The van der Waals surface area contributed by atoms with Crippen LogP contribution in [0.1, 0.15) is 22.2 Å². The largest absolute Gasteiger partial charge is 0.396 e. The summed E-state index contributed by atoms with van der Waals surface area (Å²) in [4.78, 5) is 15.8. The number of sulfone groups is 1. The topological polar surface area (TPSA) is 102 Å². The molecule has 0 saturated carbocycles. The minimum Gasteiger partial charge on any atom is -0.396 e. The van der Waals surface area contributed by atoms with E-state index >= 15 is 0 Å². The van der Waals surface area contributed by atoms with Crippen LogP contribution < -0.4 is 11.1 Å². The highest BCUT2D eigenvalue weighted by Crippen LogP contribution is 2.39. The Balaban J connectivity index is 2.39.